The molecule has 140 valence electrons. The fourth-order valence-electron chi connectivity index (χ4n) is 2.46. The lowest BCUT2D eigenvalue weighted by Crippen LogP contribution is -2.37. The normalized spacial score (nSPS) is 10.4. The van der Waals surface area contributed by atoms with Crippen molar-refractivity contribution in [3.05, 3.63) is 46.9 Å². The van der Waals surface area contributed by atoms with E-state index in [2.05, 4.69) is 20.8 Å². The van der Waals surface area contributed by atoms with Crippen LogP contribution in [-0.2, 0) is 4.79 Å². The summed E-state index contributed by atoms with van der Waals surface area (Å²) in [6.07, 6.45) is 1.42. The number of rotatable bonds is 7. The van der Waals surface area contributed by atoms with Gasteiger partial charge in [-0.25, -0.2) is 0 Å². The Hall–Kier alpha value is -3.27. The van der Waals surface area contributed by atoms with Gasteiger partial charge in [-0.15, -0.1) is 16.4 Å². The van der Waals surface area contributed by atoms with E-state index < -0.39 is 0 Å². The van der Waals surface area contributed by atoms with Crippen LogP contribution in [0.4, 0.5) is 5.69 Å². The first-order chi connectivity index (χ1) is 13.1. The van der Waals surface area contributed by atoms with Gasteiger partial charge in [0, 0.05) is 18.3 Å². The van der Waals surface area contributed by atoms with Crippen LogP contribution >= 0.6 is 11.3 Å². The molecule has 3 rings (SSSR count). The fourth-order valence-corrected chi connectivity index (χ4v) is 3.31. The summed E-state index contributed by atoms with van der Waals surface area (Å²) in [6, 6.07) is 8.80. The van der Waals surface area contributed by atoms with Gasteiger partial charge in [0.2, 0.25) is 5.91 Å². The van der Waals surface area contributed by atoms with Crippen molar-refractivity contribution in [2.45, 2.75) is 6.92 Å². The van der Waals surface area contributed by atoms with Gasteiger partial charge in [0.25, 0.3) is 5.91 Å². The molecule has 1 N–H and O–H groups in total. The predicted molar refractivity (Wildman–Crippen MR) is 100 cm³/mol. The molecule has 27 heavy (non-hydrogen) atoms. The van der Waals surface area contributed by atoms with Crippen LogP contribution in [0, 0.1) is 0 Å². The number of ether oxygens (including phenoxy) is 1. The van der Waals surface area contributed by atoms with Crippen molar-refractivity contribution in [1.82, 2.24) is 25.1 Å². The highest BCUT2D eigenvalue weighted by molar-refractivity contribution is 7.12. The van der Waals surface area contributed by atoms with E-state index in [9.17, 15) is 9.59 Å². The fraction of sp³-hybridized carbons (Fsp3) is 0.235. The molecule has 0 spiro atoms. The first-order valence-corrected chi connectivity index (χ1v) is 9.04. The molecule has 0 aliphatic rings. The van der Waals surface area contributed by atoms with Crippen LogP contribution in [0.15, 0.2) is 42.0 Å². The third-order valence-corrected chi connectivity index (χ3v) is 4.68. The highest BCUT2D eigenvalue weighted by Crippen LogP contribution is 2.22. The Kier molecular flexibility index (Phi) is 5.77. The van der Waals surface area contributed by atoms with Gasteiger partial charge in [0.05, 0.1) is 12.8 Å². The lowest BCUT2D eigenvalue weighted by atomic mass is 10.3. The minimum Gasteiger partial charge on any atom is -0.497 e. The maximum atomic E-state index is 12.9. The number of methoxy groups -OCH3 is 1. The zero-order valence-corrected chi connectivity index (χ0v) is 15.6. The molecule has 0 fully saturated rings. The van der Waals surface area contributed by atoms with Gasteiger partial charge in [-0.3, -0.25) is 9.59 Å². The molecular formula is C17H18N6O3S. The van der Waals surface area contributed by atoms with Crippen molar-refractivity contribution in [2.75, 3.05) is 25.5 Å². The van der Waals surface area contributed by atoms with E-state index in [1.807, 2.05) is 6.92 Å². The molecule has 10 heteroatoms. The summed E-state index contributed by atoms with van der Waals surface area (Å²) < 4.78 is 6.57. The topological polar surface area (TPSA) is 102 Å². The van der Waals surface area contributed by atoms with E-state index in [0.29, 0.717) is 28.5 Å². The molecule has 0 radical (unpaired) electrons. The Morgan fingerprint density at radius 1 is 1.33 bits per heavy atom. The summed E-state index contributed by atoms with van der Waals surface area (Å²) in [5.74, 6) is 0.0960. The number of tetrazole rings is 1. The number of nitrogens with zero attached hydrogens (tertiary/aromatic N) is 5. The number of carbonyl (C=O) groups is 2. The van der Waals surface area contributed by atoms with Gasteiger partial charge in [-0.1, -0.05) is 6.07 Å². The second-order valence-corrected chi connectivity index (χ2v) is 6.40. The van der Waals surface area contributed by atoms with Gasteiger partial charge in [-0.2, -0.15) is 4.68 Å². The van der Waals surface area contributed by atoms with E-state index in [1.165, 1.54) is 27.2 Å². The molecule has 0 aliphatic carbocycles. The third-order valence-electron chi connectivity index (χ3n) is 3.79. The molecule has 2 aromatic heterocycles. The number of thiophene rings is 1. The van der Waals surface area contributed by atoms with E-state index >= 15 is 0 Å². The smallest absolute Gasteiger partial charge is 0.266 e. The van der Waals surface area contributed by atoms with Crippen LogP contribution in [0.3, 0.4) is 0 Å². The Morgan fingerprint density at radius 3 is 2.89 bits per heavy atom. The molecule has 0 bridgehead atoms. The SMILES string of the molecule is CCN(CC(=O)Nc1cccc(OC)c1)C(=O)c1sccc1-n1cnnn1. The van der Waals surface area contributed by atoms with E-state index in [1.54, 1.807) is 42.8 Å². The van der Waals surface area contributed by atoms with Gasteiger partial charge in [0.1, 0.15) is 23.5 Å². The van der Waals surface area contributed by atoms with Crippen molar-refractivity contribution in [1.29, 1.82) is 0 Å². The first kappa shape index (κ1) is 18.5. The monoisotopic (exact) mass is 386 g/mol. The molecule has 0 atom stereocenters. The molecule has 1 aromatic carbocycles. The molecule has 9 nitrogen and oxygen atoms in total. The number of amides is 2. The second-order valence-electron chi connectivity index (χ2n) is 5.49. The number of hydrogen-bond acceptors (Lipinski definition) is 7. The molecular weight excluding hydrogens is 368 g/mol. The Balaban J connectivity index is 1.71. The Labute approximate surface area is 159 Å². The lowest BCUT2D eigenvalue weighted by Gasteiger charge is -2.20. The average Bonchev–Trinajstić information content (AvgIpc) is 3.36. The Bertz CT molecular complexity index is 924. The highest BCUT2D eigenvalue weighted by Gasteiger charge is 2.22. The minimum absolute atomic E-state index is 0.0700. The van der Waals surface area contributed by atoms with Crippen molar-refractivity contribution in [3.63, 3.8) is 0 Å². The number of likely N-dealkylation sites (N-methyl/N-ethyl adjacent to an activating group) is 1. The summed E-state index contributed by atoms with van der Waals surface area (Å²) in [4.78, 5) is 27.2. The van der Waals surface area contributed by atoms with Crippen LogP contribution < -0.4 is 10.1 Å². The van der Waals surface area contributed by atoms with Crippen LogP contribution in [0.5, 0.6) is 5.75 Å². The van der Waals surface area contributed by atoms with Crippen LogP contribution in [0.2, 0.25) is 0 Å². The minimum atomic E-state index is -0.293. The molecule has 0 saturated carbocycles. The summed E-state index contributed by atoms with van der Waals surface area (Å²) >= 11 is 1.28. The summed E-state index contributed by atoms with van der Waals surface area (Å²) in [7, 11) is 1.56. The number of carbonyl (C=O) groups excluding carboxylic acids is 2. The zero-order valence-electron chi connectivity index (χ0n) is 14.8. The first-order valence-electron chi connectivity index (χ1n) is 8.16. The largest absolute Gasteiger partial charge is 0.497 e. The standard InChI is InChI=1S/C17H18N6O3S/c1-3-22(10-15(24)19-12-5-4-6-13(9-12)26-2)17(25)16-14(7-8-27-16)23-11-18-20-21-23/h4-9,11H,3,10H2,1-2H3,(H,19,24). The quantitative estimate of drug-likeness (QED) is 0.665. The molecule has 0 unspecified atom stereocenters. The van der Waals surface area contributed by atoms with Crippen molar-refractivity contribution < 1.29 is 14.3 Å². The summed E-state index contributed by atoms with van der Waals surface area (Å²) in [5, 5.41) is 15.6. The zero-order chi connectivity index (χ0) is 19.2. The van der Waals surface area contributed by atoms with Crippen LogP contribution in [0.25, 0.3) is 5.69 Å². The highest BCUT2D eigenvalue weighted by atomic mass is 32.1. The van der Waals surface area contributed by atoms with Gasteiger partial charge in [0.15, 0.2) is 0 Å². The number of aromatic nitrogens is 4. The van der Waals surface area contributed by atoms with Gasteiger partial charge >= 0.3 is 0 Å². The van der Waals surface area contributed by atoms with E-state index in [4.69, 9.17) is 4.74 Å². The van der Waals surface area contributed by atoms with Gasteiger partial charge < -0.3 is 15.0 Å². The Morgan fingerprint density at radius 2 is 2.19 bits per heavy atom. The number of anilines is 1. The summed E-state index contributed by atoms with van der Waals surface area (Å²) in [5.41, 5.74) is 1.19. The number of nitrogens with one attached hydrogen (secondary N) is 1. The van der Waals surface area contributed by atoms with Crippen molar-refractivity contribution >= 4 is 28.8 Å². The van der Waals surface area contributed by atoms with Crippen LogP contribution in [-0.4, -0.2) is 57.1 Å². The van der Waals surface area contributed by atoms with Crippen LogP contribution in [0.1, 0.15) is 16.6 Å². The molecule has 3 aromatic rings. The molecule has 0 aliphatic heterocycles. The maximum absolute atomic E-state index is 12.9. The van der Waals surface area contributed by atoms with Gasteiger partial charge in [-0.05, 0) is 40.9 Å². The molecule has 2 heterocycles. The lowest BCUT2D eigenvalue weighted by molar-refractivity contribution is -0.116. The summed E-state index contributed by atoms with van der Waals surface area (Å²) in [6.45, 7) is 2.14. The molecule has 2 amide bonds. The van der Waals surface area contributed by atoms with E-state index in [-0.39, 0.29) is 18.4 Å². The molecule has 0 saturated heterocycles. The third kappa shape index (κ3) is 4.29. The maximum Gasteiger partial charge on any atom is 0.266 e. The van der Waals surface area contributed by atoms with Crippen molar-refractivity contribution in [2.24, 2.45) is 0 Å². The second kappa shape index (κ2) is 8.41. The predicted octanol–water partition coefficient (Wildman–Crippen LogP) is 1.83. The average molecular weight is 386 g/mol. The number of benzene rings is 1. The number of hydrogen-bond donors (Lipinski definition) is 1. The van der Waals surface area contributed by atoms with E-state index in [0.717, 1.165) is 0 Å². The van der Waals surface area contributed by atoms with Crippen molar-refractivity contribution in [3.8, 4) is 11.4 Å².